The Labute approximate surface area is 171 Å². The van der Waals surface area contributed by atoms with Gasteiger partial charge >= 0.3 is 0 Å². The summed E-state index contributed by atoms with van der Waals surface area (Å²) in [5.74, 6) is 2.39. The maximum atomic E-state index is 11.4. The molecule has 1 atom stereocenters. The molecule has 150 valence electrons. The van der Waals surface area contributed by atoms with E-state index in [-0.39, 0.29) is 35.8 Å². The van der Waals surface area contributed by atoms with Crippen molar-refractivity contribution in [1.29, 1.82) is 0 Å². The number of aromatic nitrogens is 3. The maximum Gasteiger partial charge on any atom is 0.211 e. The van der Waals surface area contributed by atoms with Crippen LogP contribution in [-0.4, -0.2) is 68.2 Å². The standard InChI is InChI=1S/C14H27N7O3S.HI/c1-4-25(22,23)17-8-7-16-14(15-2)18-11-5-6-13-19-12(10-24-3)20-21(13)9-11;/h11,17H,4-10H2,1-3H3,(H2,15,16,18);1H. The largest absolute Gasteiger partial charge is 0.377 e. The van der Waals surface area contributed by atoms with Gasteiger partial charge in [-0.05, 0) is 13.3 Å². The second kappa shape index (κ2) is 11.0. The molecule has 3 N–H and O–H groups in total. The first-order valence-electron chi connectivity index (χ1n) is 8.33. The van der Waals surface area contributed by atoms with Crippen molar-refractivity contribution in [2.75, 3.05) is 33.0 Å². The van der Waals surface area contributed by atoms with Gasteiger partial charge in [0.05, 0.1) is 12.3 Å². The van der Waals surface area contributed by atoms with Crippen LogP contribution in [0, 0.1) is 0 Å². The van der Waals surface area contributed by atoms with Crippen molar-refractivity contribution in [3.05, 3.63) is 11.6 Å². The Morgan fingerprint density at radius 1 is 1.42 bits per heavy atom. The fraction of sp³-hybridized carbons (Fsp3) is 0.786. The van der Waals surface area contributed by atoms with Gasteiger partial charge in [0, 0.05) is 39.7 Å². The maximum absolute atomic E-state index is 11.4. The highest BCUT2D eigenvalue weighted by molar-refractivity contribution is 14.0. The first-order valence-corrected chi connectivity index (χ1v) is 9.98. The summed E-state index contributed by atoms with van der Waals surface area (Å²) in [6.07, 6.45) is 1.76. The van der Waals surface area contributed by atoms with E-state index in [1.165, 1.54) is 0 Å². The van der Waals surface area contributed by atoms with Crippen LogP contribution in [0.1, 0.15) is 25.0 Å². The number of guanidine groups is 1. The number of sulfonamides is 1. The molecule has 12 heteroatoms. The fourth-order valence-electron chi connectivity index (χ4n) is 2.55. The van der Waals surface area contributed by atoms with Crippen LogP contribution in [0.5, 0.6) is 0 Å². The van der Waals surface area contributed by atoms with E-state index in [1.807, 2.05) is 4.68 Å². The number of fused-ring (bicyclic) bond motifs is 1. The summed E-state index contributed by atoms with van der Waals surface area (Å²) in [6.45, 7) is 3.49. The van der Waals surface area contributed by atoms with Crippen LogP contribution < -0.4 is 15.4 Å². The van der Waals surface area contributed by atoms with E-state index in [1.54, 1.807) is 21.1 Å². The van der Waals surface area contributed by atoms with Crippen molar-refractivity contribution < 1.29 is 13.2 Å². The third-order valence-electron chi connectivity index (χ3n) is 3.86. The molecular formula is C14H28IN7O3S. The molecule has 10 nitrogen and oxygen atoms in total. The summed E-state index contributed by atoms with van der Waals surface area (Å²) in [5, 5.41) is 10.9. The predicted molar refractivity (Wildman–Crippen MR) is 110 cm³/mol. The highest BCUT2D eigenvalue weighted by atomic mass is 127. The molecular weight excluding hydrogens is 473 g/mol. The van der Waals surface area contributed by atoms with Crippen molar-refractivity contribution >= 4 is 40.0 Å². The van der Waals surface area contributed by atoms with Crippen LogP contribution in [-0.2, 0) is 34.3 Å². The first-order chi connectivity index (χ1) is 12.0. The van der Waals surface area contributed by atoms with E-state index in [4.69, 9.17) is 4.74 Å². The molecule has 0 fully saturated rings. The Morgan fingerprint density at radius 2 is 2.19 bits per heavy atom. The molecule has 0 saturated heterocycles. The Hall–Kier alpha value is -0.990. The van der Waals surface area contributed by atoms with Gasteiger partial charge in [-0.15, -0.1) is 24.0 Å². The number of rotatable bonds is 8. The molecule has 0 aromatic carbocycles. The van der Waals surface area contributed by atoms with Crippen LogP contribution in [0.15, 0.2) is 4.99 Å². The van der Waals surface area contributed by atoms with Crippen LogP contribution in [0.25, 0.3) is 0 Å². The number of ether oxygens (including phenoxy) is 1. The highest BCUT2D eigenvalue weighted by Crippen LogP contribution is 2.13. The second-order valence-corrected chi connectivity index (χ2v) is 7.83. The summed E-state index contributed by atoms with van der Waals surface area (Å²) < 4.78 is 32.3. The van der Waals surface area contributed by atoms with Crippen molar-refractivity contribution in [1.82, 2.24) is 30.1 Å². The molecule has 1 aliphatic rings. The van der Waals surface area contributed by atoms with Gasteiger partial charge in [-0.2, -0.15) is 5.10 Å². The Kier molecular flexibility index (Phi) is 9.74. The van der Waals surface area contributed by atoms with Crippen molar-refractivity contribution in [2.24, 2.45) is 4.99 Å². The van der Waals surface area contributed by atoms with Gasteiger partial charge in [0.2, 0.25) is 10.0 Å². The van der Waals surface area contributed by atoms with Crippen LogP contribution in [0.2, 0.25) is 0 Å². The zero-order valence-corrected chi connectivity index (χ0v) is 18.5. The minimum Gasteiger partial charge on any atom is -0.377 e. The summed E-state index contributed by atoms with van der Waals surface area (Å²) in [7, 11) is 0.146. The monoisotopic (exact) mass is 501 g/mol. The van der Waals surface area contributed by atoms with Gasteiger partial charge in [-0.25, -0.2) is 22.8 Å². The minimum absolute atomic E-state index is 0. The van der Waals surface area contributed by atoms with Gasteiger partial charge < -0.3 is 15.4 Å². The molecule has 0 aliphatic carbocycles. The lowest BCUT2D eigenvalue weighted by atomic mass is 10.1. The summed E-state index contributed by atoms with van der Waals surface area (Å²) >= 11 is 0. The smallest absolute Gasteiger partial charge is 0.211 e. The molecule has 1 aromatic rings. The molecule has 1 aromatic heterocycles. The molecule has 0 radical (unpaired) electrons. The number of nitrogens with zero attached hydrogens (tertiary/aromatic N) is 4. The lowest BCUT2D eigenvalue weighted by molar-refractivity contribution is 0.177. The molecule has 2 heterocycles. The van der Waals surface area contributed by atoms with Crippen molar-refractivity contribution in [3.8, 4) is 0 Å². The van der Waals surface area contributed by atoms with Crippen LogP contribution in [0.3, 0.4) is 0 Å². The normalized spacial score (nSPS) is 17.3. The van der Waals surface area contributed by atoms with E-state index in [0.717, 1.165) is 18.7 Å². The first kappa shape index (κ1) is 23.0. The van der Waals surface area contributed by atoms with Gasteiger partial charge in [-0.1, -0.05) is 0 Å². The Balaban J connectivity index is 0.00000338. The Morgan fingerprint density at radius 3 is 2.85 bits per heavy atom. The average Bonchev–Trinajstić information content (AvgIpc) is 2.99. The van der Waals surface area contributed by atoms with E-state index < -0.39 is 10.0 Å². The third-order valence-corrected chi connectivity index (χ3v) is 5.26. The quantitative estimate of drug-likeness (QED) is 0.189. The zero-order chi connectivity index (χ0) is 18.3. The SMILES string of the molecule is CCS(=O)(=O)NCCNC(=NC)NC1CCc2nc(COC)nn2C1.I. The molecule has 2 rings (SSSR count). The van der Waals surface area contributed by atoms with Gasteiger partial charge in [-0.3, -0.25) is 4.99 Å². The topological polar surface area (TPSA) is 123 Å². The highest BCUT2D eigenvalue weighted by Gasteiger charge is 2.22. The van der Waals surface area contributed by atoms with E-state index >= 15 is 0 Å². The minimum atomic E-state index is -3.17. The zero-order valence-electron chi connectivity index (χ0n) is 15.4. The van der Waals surface area contributed by atoms with E-state index in [0.29, 0.717) is 38.0 Å². The van der Waals surface area contributed by atoms with Crippen LogP contribution in [0.4, 0.5) is 0 Å². The number of nitrogens with one attached hydrogen (secondary N) is 3. The van der Waals surface area contributed by atoms with E-state index in [2.05, 4.69) is 30.4 Å². The predicted octanol–water partition coefficient (Wildman–Crippen LogP) is -0.538. The number of aryl methyl sites for hydroxylation is 1. The number of hydrogen-bond donors (Lipinski definition) is 3. The Bertz CT molecular complexity index is 693. The molecule has 0 bridgehead atoms. The summed E-state index contributed by atoms with van der Waals surface area (Å²) in [6, 6.07) is 0.183. The van der Waals surface area contributed by atoms with Gasteiger partial charge in [0.25, 0.3) is 0 Å². The molecule has 1 aliphatic heterocycles. The third kappa shape index (κ3) is 6.96. The second-order valence-electron chi connectivity index (χ2n) is 5.74. The van der Waals surface area contributed by atoms with Gasteiger partial charge in [0.1, 0.15) is 12.4 Å². The van der Waals surface area contributed by atoms with E-state index in [9.17, 15) is 8.42 Å². The summed E-state index contributed by atoms with van der Waals surface area (Å²) in [4.78, 5) is 8.63. The average molecular weight is 501 g/mol. The van der Waals surface area contributed by atoms with Crippen LogP contribution >= 0.6 is 24.0 Å². The molecule has 26 heavy (non-hydrogen) atoms. The van der Waals surface area contributed by atoms with Gasteiger partial charge in [0.15, 0.2) is 11.8 Å². The lowest BCUT2D eigenvalue weighted by Crippen LogP contribution is -2.48. The lowest BCUT2D eigenvalue weighted by Gasteiger charge is -2.25. The number of halogens is 1. The molecule has 1 unspecified atom stereocenters. The number of hydrogen-bond acceptors (Lipinski definition) is 6. The summed E-state index contributed by atoms with van der Waals surface area (Å²) in [5.41, 5.74) is 0. The number of methoxy groups -OCH3 is 1. The molecule has 0 spiro atoms. The number of aliphatic imine (C=N–C) groups is 1. The van der Waals surface area contributed by atoms with Crippen molar-refractivity contribution in [2.45, 2.75) is 39.0 Å². The molecule has 0 amide bonds. The van der Waals surface area contributed by atoms with Crippen molar-refractivity contribution in [3.63, 3.8) is 0 Å². The molecule has 0 saturated carbocycles. The fourth-order valence-corrected chi connectivity index (χ4v) is 3.16.